The van der Waals surface area contributed by atoms with Crippen LogP contribution in [0.5, 0.6) is 0 Å². The topological polar surface area (TPSA) is 3.24 Å². The van der Waals surface area contributed by atoms with Crippen LogP contribution in [0.15, 0.2) is 0 Å². The number of rotatable bonds is 1. The second kappa shape index (κ2) is 2.48. The van der Waals surface area contributed by atoms with E-state index in [-0.39, 0.29) is 0 Å². The third-order valence-electron chi connectivity index (χ3n) is 3.62. The average Bonchev–Trinajstić information content (AvgIpc) is 2.44. The van der Waals surface area contributed by atoms with Crippen molar-refractivity contribution >= 4 is 0 Å². The Balaban J connectivity index is 2.11. The molecule has 1 heterocycles. The number of likely N-dealkylation sites (tertiary alicyclic amines) is 1. The maximum atomic E-state index is 2.72. The lowest BCUT2D eigenvalue weighted by molar-refractivity contribution is 0.114. The summed E-state index contributed by atoms with van der Waals surface area (Å²) in [5, 5.41) is 0. The summed E-state index contributed by atoms with van der Waals surface area (Å²) in [6, 6.07) is 2.57. The second-order valence-corrected chi connectivity index (χ2v) is 4.51. The molecule has 1 aliphatic carbocycles. The molecule has 1 aliphatic heterocycles. The lowest BCUT2D eigenvalue weighted by Gasteiger charge is -2.36. The first-order valence-corrected chi connectivity index (χ1v) is 4.97. The third kappa shape index (κ3) is 1.01. The van der Waals surface area contributed by atoms with Gasteiger partial charge in [0.05, 0.1) is 0 Å². The molecule has 2 fully saturated rings. The molecular weight excluding hydrogens is 134 g/mol. The van der Waals surface area contributed by atoms with Gasteiger partial charge in [0.15, 0.2) is 0 Å². The van der Waals surface area contributed by atoms with Crippen LogP contribution in [0.2, 0.25) is 0 Å². The molecular formula is C10H19N. The summed E-state index contributed by atoms with van der Waals surface area (Å²) in [4.78, 5) is 2.72. The van der Waals surface area contributed by atoms with Crippen LogP contribution in [-0.2, 0) is 0 Å². The van der Waals surface area contributed by atoms with Crippen LogP contribution in [0, 0.1) is 5.92 Å². The normalized spacial score (nSPS) is 44.2. The maximum Gasteiger partial charge on any atom is 0.0104 e. The van der Waals surface area contributed by atoms with Crippen LogP contribution >= 0.6 is 0 Å². The molecule has 0 aromatic heterocycles. The van der Waals surface area contributed by atoms with Crippen molar-refractivity contribution in [1.29, 1.82) is 0 Å². The summed E-state index contributed by atoms with van der Waals surface area (Å²) in [5.74, 6) is 1.03. The second-order valence-electron chi connectivity index (χ2n) is 4.51. The van der Waals surface area contributed by atoms with Gasteiger partial charge in [0.1, 0.15) is 0 Å². The summed E-state index contributed by atoms with van der Waals surface area (Å²) < 4.78 is 0. The van der Waals surface area contributed by atoms with E-state index in [1.807, 2.05) is 0 Å². The summed E-state index contributed by atoms with van der Waals surface area (Å²) in [6.45, 7) is 7.07. The van der Waals surface area contributed by atoms with Crippen LogP contribution in [0.25, 0.3) is 0 Å². The highest BCUT2D eigenvalue weighted by Crippen LogP contribution is 2.42. The molecule has 64 valence electrons. The average molecular weight is 153 g/mol. The van der Waals surface area contributed by atoms with Gasteiger partial charge in [-0.05, 0) is 46.0 Å². The first-order valence-electron chi connectivity index (χ1n) is 4.97. The molecule has 2 rings (SSSR count). The van der Waals surface area contributed by atoms with Crippen molar-refractivity contribution in [2.45, 2.75) is 58.2 Å². The summed E-state index contributed by atoms with van der Waals surface area (Å²) in [5.41, 5.74) is 0. The van der Waals surface area contributed by atoms with E-state index in [0.29, 0.717) is 0 Å². The molecule has 0 N–H and O–H groups in total. The fourth-order valence-corrected chi connectivity index (χ4v) is 3.17. The fourth-order valence-electron chi connectivity index (χ4n) is 3.17. The third-order valence-corrected chi connectivity index (χ3v) is 3.62. The van der Waals surface area contributed by atoms with Gasteiger partial charge < -0.3 is 0 Å². The van der Waals surface area contributed by atoms with E-state index in [9.17, 15) is 0 Å². The minimum atomic E-state index is 0.764. The van der Waals surface area contributed by atoms with Crippen molar-refractivity contribution in [2.75, 3.05) is 0 Å². The zero-order chi connectivity index (χ0) is 8.01. The van der Waals surface area contributed by atoms with E-state index < -0.39 is 0 Å². The standard InChI is InChI=1S/C10H19N/c1-7(2)11-8(3)9-4-5-10(11)6-9/h7-10H,4-6H2,1-3H3/t8?,9-,10+/m0/s1. The number of nitrogens with zero attached hydrogens (tertiary/aromatic N) is 1. The minimum absolute atomic E-state index is 0.764. The van der Waals surface area contributed by atoms with Gasteiger partial charge in [-0.25, -0.2) is 0 Å². The summed E-state index contributed by atoms with van der Waals surface area (Å²) in [7, 11) is 0. The quantitative estimate of drug-likeness (QED) is 0.558. The van der Waals surface area contributed by atoms with E-state index in [0.717, 1.165) is 24.0 Å². The van der Waals surface area contributed by atoms with Crippen molar-refractivity contribution in [3.63, 3.8) is 0 Å². The fraction of sp³-hybridized carbons (Fsp3) is 1.00. The number of piperidine rings is 1. The zero-order valence-corrected chi connectivity index (χ0v) is 7.88. The van der Waals surface area contributed by atoms with Crippen LogP contribution in [-0.4, -0.2) is 23.0 Å². The van der Waals surface area contributed by atoms with Gasteiger partial charge in [-0.1, -0.05) is 0 Å². The van der Waals surface area contributed by atoms with E-state index >= 15 is 0 Å². The SMILES string of the molecule is CC(C)N1C(C)[C@H]2CC[C@@H]1C2. The Morgan fingerprint density at radius 3 is 2.36 bits per heavy atom. The monoisotopic (exact) mass is 153 g/mol. The van der Waals surface area contributed by atoms with Gasteiger partial charge in [-0.15, -0.1) is 0 Å². The molecule has 0 amide bonds. The van der Waals surface area contributed by atoms with Crippen molar-refractivity contribution in [1.82, 2.24) is 4.90 Å². The van der Waals surface area contributed by atoms with Gasteiger partial charge in [0.25, 0.3) is 0 Å². The zero-order valence-electron chi connectivity index (χ0n) is 7.88. The highest BCUT2D eigenvalue weighted by molar-refractivity contribution is 4.98. The lowest BCUT2D eigenvalue weighted by Crippen LogP contribution is -2.43. The first-order chi connectivity index (χ1) is 5.20. The Hall–Kier alpha value is -0.0400. The Labute approximate surface area is 69.8 Å². The Morgan fingerprint density at radius 2 is 2.00 bits per heavy atom. The van der Waals surface area contributed by atoms with Crippen molar-refractivity contribution < 1.29 is 0 Å². The predicted molar refractivity (Wildman–Crippen MR) is 47.6 cm³/mol. The van der Waals surface area contributed by atoms with Crippen molar-refractivity contribution in [3.05, 3.63) is 0 Å². The maximum absolute atomic E-state index is 2.72. The van der Waals surface area contributed by atoms with Gasteiger partial charge in [-0.3, -0.25) is 4.90 Å². The number of fused-ring (bicyclic) bond motifs is 2. The highest BCUT2D eigenvalue weighted by atomic mass is 15.2. The molecule has 3 atom stereocenters. The Bertz CT molecular complexity index is 151. The van der Waals surface area contributed by atoms with Crippen LogP contribution in [0.4, 0.5) is 0 Å². The van der Waals surface area contributed by atoms with Crippen molar-refractivity contribution in [3.8, 4) is 0 Å². The summed E-state index contributed by atoms with van der Waals surface area (Å²) in [6.07, 6.45) is 4.45. The molecule has 1 saturated carbocycles. The molecule has 0 spiro atoms. The number of hydrogen-bond donors (Lipinski definition) is 0. The van der Waals surface area contributed by atoms with Crippen LogP contribution < -0.4 is 0 Å². The molecule has 11 heavy (non-hydrogen) atoms. The number of hydrogen-bond acceptors (Lipinski definition) is 1. The lowest BCUT2D eigenvalue weighted by atomic mass is 9.99. The molecule has 1 nitrogen and oxygen atoms in total. The molecule has 1 heteroatoms. The van der Waals surface area contributed by atoms with Gasteiger partial charge in [0.2, 0.25) is 0 Å². The molecule has 1 saturated heterocycles. The predicted octanol–water partition coefficient (Wildman–Crippen LogP) is 2.27. The molecule has 2 aliphatic rings. The Kier molecular flexibility index (Phi) is 1.71. The van der Waals surface area contributed by atoms with Crippen LogP contribution in [0.1, 0.15) is 40.0 Å². The van der Waals surface area contributed by atoms with Crippen molar-refractivity contribution in [2.24, 2.45) is 5.92 Å². The van der Waals surface area contributed by atoms with E-state index in [2.05, 4.69) is 25.7 Å². The van der Waals surface area contributed by atoms with Crippen LogP contribution in [0.3, 0.4) is 0 Å². The molecule has 0 aromatic rings. The van der Waals surface area contributed by atoms with Gasteiger partial charge in [-0.2, -0.15) is 0 Å². The summed E-state index contributed by atoms with van der Waals surface area (Å²) >= 11 is 0. The van der Waals surface area contributed by atoms with Gasteiger partial charge >= 0.3 is 0 Å². The largest absolute Gasteiger partial charge is 0.295 e. The first kappa shape index (κ1) is 7.60. The minimum Gasteiger partial charge on any atom is -0.295 e. The molecule has 0 aromatic carbocycles. The molecule has 0 radical (unpaired) electrons. The highest BCUT2D eigenvalue weighted by Gasteiger charge is 2.43. The molecule has 1 unspecified atom stereocenters. The molecule has 2 bridgehead atoms. The Morgan fingerprint density at radius 1 is 1.27 bits per heavy atom. The smallest absolute Gasteiger partial charge is 0.0104 e. The van der Waals surface area contributed by atoms with E-state index in [4.69, 9.17) is 0 Å². The van der Waals surface area contributed by atoms with Gasteiger partial charge in [0, 0.05) is 18.1 Å². The van der Waals surface area contributed by atoms with E-state index in [1.165, 1.54) is 19.3 Å². The van der Waals surface area contributed by atoms with E-state index in [1.54, 1.807) is 0 Å².